The number of nitrogens with zero attached hydrogens (tertiary/aromatic N) is 1. The number of rotatable bonds is 4. The van der Waals surface area contributed by atoms with Crippen LogP contribution < -0.4 is 4.74 Å². The van der Waals surface area contributed by atoms with Crippen LogP contribution in [0.5, 0.6) is 11.5 Å². The van der Waals surface area contributed by atoms with Gasteiger partial charge in [-0.05, 0) is 17.7 Å². The van der Waals surface area contributed by atoms with Crippen LogP contribution in [0.4, 0.5) is 0 Å². The topological polar surface area (TPSA) is 62.2 Å². The molecule has 0 amide bonds. The molecule has 1 fully saturated rings. The Morgan fingerprint density at radius 3 is 2.76 bits per heavy atom. The second-order valence-corrected chi connectivity index (χ2v) is 6.23. The largest absolute Gasteiger partial charge is 0.504 e. The molecule has 0 aliphatic carbocycles. The van der Waals surface area contributed by atoms with Gasteiger partial charge >= 0.3 is 0 Å². The molecule has 1 aromatic rings. The lowest BCUT2D eigenvalue weighted by Crippen LogP contribution is -2.38. The molecular weight excluding hydrogens is 310 g/mol. The van der Waals surface area contributed by atoms with Crippen molar-refractivity contribution in [1.29, 1.82) is 0 Å². The van der Waals surface area contributed by atoms with Crippen molar-refractivity contribution >= 4 is 28.3 Å². The number of thiocarbonyl (C=S) groups is 1. The summed E-state index contributed by atoms with van der Waals surface area (Å²) in [5.41, 5.74) is 1.41. The van der Waals surface area contributed by atoms with Crippen LogP contribution in [-0.2, 0) is 17.1 Å². The summed E-state index contributed by atoms with van der Waals surface area (Å²) in [4.78, 5) is 2.10. The first-order valence-corrected chi connectivity index (χ1v) is 8.04. The van der Waals surface area contributed by atoms with Gasteiger partial charge in [0.15, 0.2) is 11.5 Å². The fraction of sp³-hybridized carbons (Fsp3) is 0.500. The summed E-state index contributed by atoms with van der Waals surface area (Å²) in [5, 5.41) is 19.4. The monoisotopic (exact) mass is 329 g/mol. The number of phenols is 1. The number of morpholine rings is 1. The highest BCUT2D eigenvalue weighted by atomic mass is 32.2. The van der Waals surface area contributed by atoms with E-state index in [-0.39, 0.29) is 12.4 Å². The van der Waals surface area contributed by atoms with Gasteiger partial charge in [-0.15, -0.1) is 0 Å². The first kappa shape index (κ1) is 16.4. The zero-order valence-corrected chi connectivity index (χ0v) is 13.5. The lowest BCUT2D eigenvalue weighted by Gasteiger charge is -2.28. The van der Waals surface area contributed by atoms with Crippen molar-refractivity contribution in [3.8, 4) is 11.5 Å². The first-order valence-electron chi connectivity index (χ1n) is 6.64. The highest BCUT2D eigenvalue weighted by Gasteiger charge is 2.16. The van der Waals surface area contributed by atoms with Crippen molar-refractivity contribution in [1.82, 2.24) is 4.90 Å². The third-order valence-electron chi connectivity index (χ3n) is 3.24. The Morgan fingerprint density at radius 1 is 1.43 bits per heavy atom. The molecule has 0 atom stereocenters. The number of hydrogen-bond acceptors (Lipinski definition) is 6. The van der Waals surface area contributed by atoms with Crippen LogP contribution in [0.2, 0.25) is 0 Å². The van der Waals surface area contributed by atoms with E-state index in [9.17, 15) is 10.2 Å². The quantitative estimate of drug-likeness (QED) is 0.816. The average Bonchev–Trinajstić information content (AvgIpc) is 2.54. The summed E-state index contributed by atoms with van der Waals surface area (Å²) in [6, 6.07) is 3.40. The molecular formula is C14H19NO4S2. The van der Waals surface area contributed by atoms with Gasteiger partial charge in [0.2, 0.25) is 0 Å². The number of aliphatic hydroxyl groups excluding tert-OH is 1. The molecule has 2 N–H and O–H groups in total. The van der Waals surface area contributed by atoms with E-state index < -0.39 is 0 Å². The van der Waals surface area contributed by atoms with Crippen molar-refractivity contribution in [2.45, 2.75) is 12.4 Å². The molecule has 0 unspecified atom stereocenters. The van der Waals surface area contributed by atoms with Crippen LogP contribution in [0.15, 0.2) is 12.1 Å². The molecule has 1 aliphatic heterocycles. The summed E-state index contributed by atoms with van der Waals surface area (Å²) in [6.45, 7) is 2.90. The van der Waals surface area contributed by atoms with Gasteiger partial charge in [0.25, 0.3) is 0 Å². The van der Waals surface area contributed by atoms with E-state index in [4.69, 9.17) is 21.7 Å². The second kappa shape index (κ2) is 7.84. The number of ether oxygens (including phenoxy) is 2. The SMILES string of the molecule is COc1cc(CO)cc(CSC(=S)N2CCOCC2)c1O. The standard InChI is InChI=1S/C14H19NO4S2/c1-18-12-7-10(8-16)6-11(13(12)17)9-21-14(20)15-2-4-19-5-3-15/h6-7,16-17H,2-5,8-9H2,1H3. The van der Waals surface area contributed by atoms with Gasteiger partial charge in [0.1, 0.15) is 4.32 Å². The Labute approximate surface area is 133 Å². The lowest BCUT2D eigenvalue weighted by atomic mass is 10.1. The Kier molecular flexibility index (Phi) is 6.10. The maximum Gasteiger partial charge on any atom is 0.161 e. The zero-order chi connectivity index (χ0) is 15.2. The van der Waals surface area contributed by atoms with E-state index >= 15 is 0 Å². The Morgan fingerprint density at radius 2 is 2.14 bits per heavy atom. The molecule has 2 rings (SSSR count). The maximum absolute atomic E-state index is 10.1. The Hall–Kier alpha value is -1.02. The minimum Gasteiger partial charge on any atom is -0.504 e. The first-order chi connectivity index (χ1) is 10.2. The number of aliphatic hydroxyl groups is 1. The van der Waals surface area contributed by atoms with Gasteiger partial charge < -0.3 is 24.6 Å². The Bertz CT molecular complexity index is 504. The molecule has 1 saturated heterocycles. The van der Waals surface area contributed by atoms with Crippen LogP contribution >= 0.6 is 24.0 Å². The third-order valence-corrected chi connectivity index (χ3v) is 4.81. The van der Waals surface area contributed by atoms with Crippen molar-refractivity contribution < 1.29 is 19.7 Å². The van der Waals surface area contributed by atoms with Crippen LogP contribution in [0.1, 0.15) is 11.1 Å². The molecule has 116 valence electrons. The van der Waals surface area contributed by atoms with Crippen LogP contribution in [-0.4, -0.2) is 52.8 Å². The average molecular weight is 329 g/mol. The number of benzene rings is 1. The summed E-state index contributed by atoms with van der Waals surface area (Å²) >= 11 is 6.90. The number of phenolic OH excluding ortho intramolecular Hbond substituents is 1. The van der Waals surface area contributed by atoms with E-state index in [1.54, 1.807) is 12.1 Å². The van der Waals surface area contributed by atoms with Gasteiger partial charge in [-0.3, -0.25) is 0 Å². The zero-order valence-electron chi connectivity index (χ0n) is 11.9. The minimum absolute atomic E-state index is 0.0950. The van der Waals surface area contributed by atoms with Gasteiger partial charge in [0.05, 0.1) is 26.9 Å². The fourth-order valence-corrected chi connectivity index (χ4v) is 3.29. The summed E-state index contributed by atoms with van der Waals surface area (Å²) in [7, 11) is 1.49. The van der Waals surface area contributed by atoms with E-state index in [0.717, 1.165) is 17.4 Å². The van der Waals surface area contributed by atoms with Crippen LogP contribution in [0, 0.1) is 0 Å². The molecule has 0 bridgehead atoms. The Balaban J connectivity index is 2.03. The highest BCUT2D eigenvalue weighted by Crippen LogP contribution is 2.34. The molecule has 7 heteroatoms. The molecule has 1 aromatic carbocycles. The summed E-state index contributed by atoms with van der Waals surface area (Å²) in [5.74, 6) is 1.01. The van der Waals surface area contributed by atoms with Gasteiger partial charge in [-0.1, -0.05) is 24.0 Å². The molecule has 0 spiro atoms. The van der Waals surface area contributed by atoms with Gasteiger partial charge in [-0.25, -0.2) is 0 Å². The van der Waals surface area contributed by atoms with Crippen LogP contribution in [0.3, 0.4) is 0 Å². The fourth-order valence-electron chi connectivity index (χ4n) is 2.06. The van der Waals surface area contributed by atoms with Crippen molar-refractivity contribution in [3.05, 3.63) is 23.3 Å². The normalized spacial score (nSPS) is 15.0. The van der Waals surface area contributed by atoms with Gasteiger partial charge in [0, 0.05) is 24.4 Å². The summed E-state index contributed by atoms with van der Waals surface area (Å²) in [6.07, 6.45) is 0. The van der Waals surface area contributed by atoms with Gasteiger partial charge in [-0.2, -0.15) is 0 Å². The molecule has 21 heavy (non-hydrogen) atoms. The predicted molar refractivity (Wildman–Crippen MR) is 86.9 cm³/mol. The van der Waals surface area contributed by atoms with E-state index in [1.165, 1.54) is 18.9 Å². The third kappa shape index (κ3) is 4.23. The summed E-state index contributed by atoms with van der Waals surface area (Å²) < 4.78 is 11.2. The second-order valence-electron chi connectivity index (χ2n) is 4.62. The molecule has 1 heterocycles. The molecule has 0 radical (unpaired) electrons. The molecule has 5 nitrogen and oxygen atoms in total. The predicted octanol–water partition coefficient (Wildman–Crippen LogP) is 1.74. The van der Waals surface area contributed by atoms with E-state index in [0.29, 0.717) is 35.8 Å². The minimum atomic E-state index is -0.0950. The lowest BCUT2D eigenvalue weighted by molar-refractivity contribution is 0.0702. The number of thioether (sulfide) groups is 1. The number of aromatic hydroxyl groups is 1. The molecule has 0 aromatic heterocycles. The molecule has 1 aliphatic rings. The van der Waals surface area contributed by atoms with Crippen LogP contribution in [0.25, 0.3) is 0 Å². The molecule has 0 saturated carbocycles. The maximum atomic E-state index is 10.1. The smallest absolute Gasteiger partial charge is 0.161 e. The van der Waals surface area contributed by atoms with E-state index in [1.807, 2.05) is 0 Å². The van der Waals surface area contributed by atoms with Crippen molar-refractivity contribution in [3.63, 3.8) is 0 Å². The van der Waals surface area contributed by atoms with Crippen molar-refractivity contribution in [2.24, 2.45) is 0 Å². The van der Waals surface area contributed by atoms with E-state index in [2.05, 4.69) is 4.90 Å². The number of methoxy groups -OCH3 is 1. The highest BCUT2D eigenvalue weighted by molar-refractivity contribution is 8.22. The van der Waals surface area contributed by atoms with Crippen molar-refractivity contribution in [2.75, 3.05) is 33.4 Å². The number of hydrogen-bond donors (Lipinski definition) is 2.